The molecule has 0 bridgehead atoms. The van der Waals surface area contributed by atoms with Crippen LogP contribution < -0.4 is 10.9 Å². The van der Waals surface area contributed by atoms with Gasteiger partial charge in [-0.05, 0) is 37.5 Å². The second-order valence-corrected chi connectivity index (χ2v) is 5.55. The molecule has 0 saturated heterocycles. The van der Waals surface area contributed by atoms with Gasteiger partial charge in [0.1, 0.15) is 5.76 Å². The molecule has 118 valence electrons. The van der Waals surface area contributed by atoms with E-state index in [-0.39, 0.29) is 5.91 Å². The van der Waals surface area contributed by atoms with Gasteiger partial charge in [0.2, 0.25) is 0 Å². The van der Waals surface area contributed by atoms with Gasteiger partial charge in [-0.25, -0.2) is 4.79 Å². The highest BCUT2D eigenvalue weighted by molar-refractivity contribution is 5.96. The Kier molecular flexibility index (Phi) is 4.02. The molecule has 5 heteroatoms. The molecule has 0 unspecified atom stereocenters. The number of para-hydroxylation sites is 1. The highest BCUT2D eigenvalue weighted by Crippen LogP contribution is 2.18. The summed E-state index contributed by atoms with van der Waals surface area (Å²) < 4.78 is 5.00. The van der Waals surface area contributed by atoms with Crippen LogP contribution in [0.3, 0.4) is 0 Å². The predicted molar refractivity (Wildman–Crippen MR) is 88.8 cm³/mol. The topological polar surface area (TPSA) is 75.1 Å². The lowest BCUT2D eigenvalue weighted by Crippen LogP contribution is -2.27. The summed E-state index contributed by atoms with van der Waals surface area (Å²) in [6.07, 6.45) is 2.69. The van der Waals surface area contributed by atoms with Crippen LogP contribution in [0.25, 0.3) is 10.9 Å². The van der Waals surface area contributed by atoms with Crippen LogP contribution in [0.1, 0.15) is 27.2 Å². The van der Waals surface area contributed by atoms with Gasteiger partial charge in [-0.1, -0.05) is 18.2 Å². The predicted octanol–water partition coefficient (Wildman–Crippen LogP) is 2.71. The molecule has 2 aromatic heterocycles. The Balaban J connectivity index is 1.69. The van der Waals surface area contributed by atoms with E-state index in [0.29, 0.717) is 23.4 Å². The van der Waals surface area contributed by atoms with Crippen molar-refractivity contribution in [3.63, 3.8) is 0 Å². The van der Waals surface area contributed by atoms with E-state index < -0.39 is 5.63 Å². The standard InChI is InChI=1S/C18H18N2O3/c1-11-9-16(21)23-12(2)17(11)18(22)19-8-7-13-10-20-15-6-4-3-5-14(13)15/h3-6,9-10,20H,7-8H2,1-2H3,(H,19,22). The van der Waals surface area contributed by atoms with Crippen LogP contribution in [0.4, 0.5) is 0 Å². The minimum Gasteiger partial charge on any atom is -0.427 e. The lowest BCUT2D eigenvalue weighted by atomic mass is 10.1. The number of nitrogens with one attached hydrogen (secondary N) is 2. The average Bonchev–Trinajstić information content (AvgIpc) is 2.90. The Morgan fingerprint density at radius 1 is 1.26 bits per heavy atom. The molecule has 0 saturated carbocycles. The quantitative estimate of drug-likeness (QED) is 0.778. The second kappa shape index (κ2) is 6.12. The van der Waals surface area contributed by atoms with Gasteiger partial charge in [-0.15, -0.1) is 0 Å². The summed E-state index contributed by atoms with van der Waals surface area (Å²) in [5, 5.41) is 4.05. The zero-order valence-electron chi connectivity index (χ0n) is 13.1. The maximum Gasteiger partial charge on any atom is 0.336 e. The first-order chi connectivity index (χ1) is 11.1. The number of aromatic nitrogens is 1. The number of H-pyrrole nitrogens is 1. The van der Waals surface area contributed by atoms with E-state index >= 15 is 0 Å². The maximum atomic E-state index is 12.3. The van der Waals surface area contributed by atoms with Crippen LogP contribution in [0.15, 0.2) is 45.7 Å². The van der Waals surface area contributed by atoms with Crippen LogP contribution in [0.5, 0.6) is 0 Å². The third-order valence-electron chi connectivity index (χ3n) is 3.92. The first kappa shape index (κ1) is 15.1. The number of carbonyl (C=O) groups is 1. The summed E-state index contributed by atoms with van der Waals surface area (Å²) in [7, 11) is 0. The molecule has 2 heterocycles. The summed E-state index contributed by atoms with van der Waals surface area (Å²) in [6, 6.07) is 9.40. The number of aryl methyl sites for hydroxylation is 2. The minimum atomic E-state index is -0.435. The summed E-state index contributed by atoms with van der Waals surface area (Å²) in [4.78, 5) is 26.8. The largest absolute Gasteiger partial charge is 0.427 e. The fraction of sp³-hybridized carbons (Fsp3) is 0.222. The molecule has 0 fully saturated rings. The normalized spacial score (nSPS) is 10.9. The molecule has 1 aromatic carbocycles. The average molecular weight is 310 g/mol. The summed E-state index contributed by atoms with van der Waals surface area (Å²) >= 11 is 0. The van der Waals surface area contributed by atoms with Gasteiger partial charge in [-0.2, -0.15) is 0 Å². The van der Waals surface area contributed by atoms with Crippen LogP contribution >= 0.6 is 0 Å². The molecule has 0 aliphatic rings. The Morgan fingerprint density at radius 2 is 2.04 bits per heavy atom. The van der Waals surface area contributed by atoms with Crippen LogP contribution in [-0.4, -0.2) is 17.4 Å². The molecule has 5 nitrogen and oxygen atoms in total. The molecule has 23 heavy (non-hydrogen) atoms. The van der Waals surface area contributed by atoms with Crippen molar-refractivity contribution >= 4 is 16.8 Å². The van der Waals surface area contributed by atoms with Crippen molar-refractivity contribution in [3.8, 4) is 0 Å². The molecule has 0 aliphatic carbocycles. The van der Waals surface area contributed by atoms with Crippen LogP contribution in [0.2, 0.25) is 0 Å². The SMILES string of the molecule is Cc1cc(=O)oc(C)c1C(=O)NCCc1c[nH]c2ccccc12. The van der Waals surface area contributed by atoms with Crippen molar-refractivity contribution in [1.29, 1.82) is 0 Å². The molecule has 3 rings (SSSR count). The number of aromatic amines is 1. The van der Waals surface area contributed by atoms with E-state index in [2.05, 4.69) is 16.4 Å². The van der Waals surface area contributed by atoms with E-state index in [1.165, 1.54) is 11.5 Å². The van der Waals surface area contributed by atoms with Crippen LogP contribution in [0, 0.1) is 13.8 Å². The van der Waals surface area contributed by atoms with Gasteiger partial charge in [-0.3, -0.25) is 4.79 Å². The number of amides is 1. The molecule has 1 amide bonds. The fourth-order valence-electron chi connectivity index (χ4n) is 2.83. The Hall–Kier alpha value is -2.82. The Labute approximate surface area is 133 Å². The van der Waals surface area contributed by atoms with Gasteiger partial charge in [0.05, 0.1) is 5.56 Å². The second-order valence-electron chi connectivity index (χ2n) is 5.55. The lowest BCUT2D eigenvalue weighted by molar-refractivity contribution is 0.0950. The Morgan fingerprint density at radius 3 is 2.83 bits per heavy atom. The van der Waals surface area contributed by atoms with Gasteiger partial charge in [0.25, 0.3) is 5.91 Å². The van der Waals surface area contributed by atoms with Crippen LogP contribution in [-0.2, 0) is 6.42 Å². The number of hydrogen-bond acceptors (Lipinski definition) is 3. The van der Waals surface area contributed by atoms with Crippen molar-refractivity contribution in [2.75, 3.05) is 6.54 Å². The third-order valence-corrected chi connectivity index (χ3v) is 3.92. The molecule has 0 spiro atoms. The van der Waals surface area contributed by atoms with Gasteiger partial charge >= 0.3 is 5.63 Å². The first-order valence-electron chi connectivity index (χ1n) is 7.51. The monoisotopic (exact) mass is 310 g/mol. The van der Waals surface area contributed by atoms with Crippen molar-refractivity contribution < 1.29 is 9.21 Å². The van der Waals surface area contributed by atoms with Crippen molar-refractivity contribution in [1.82, 2.24) is 10.3 Å². The van der Waals surface area contributed by atoms with E-state index in [0.717, 1.165) is 17.5 Å². The molecule has 3 aromatic rings. The number of benzene rings is 1. The molecule has 0 aliphatic heterocycles. The molecule has 0 atom stereocenters. The number of carbonyl (C=O) groups excluding carboxylic acids is 1. The fourth-order valence-corrected chi connectivity index (χ4v) is 2.83. The molecule has 0 radical (unpaired) electrons. The summed E-state index contributed by atoms with van der Waals surface area (Å²) in [5.74, 6) is 0.128. The van der Waals surface area contributed by atoms with E-state index in [9.17, 15) is 9.59 Å². The van der Waals surface area contributed by atoms with Crippen molar-refractivity contribution in [3.05, 3.63) is 69.4 Å². The van der Waals surface area contributed by atoms with E-state index in [1.54, 1.807) is 13.8 Å². The van der Waals surface area contributed by atoms with E-state index in [1.807, 2.05) is 24.4 Å². The highest BCUT2D eigenvalue weighted by Gasteiger charge is 2.14. The highest BCUT2D eigenvalue weighted by atomic mass is 16.4. The zero-order valence-corrected chi connectivity index (χ0v) is 13.1. The van der Waals surface area contributed by atoms with Crippen molar-refractivity contribution in [2.24, 2.45) is 0 Å². The van der Waals surface area contributed by atoms with Gasteiger partial charge in [0, 0.05) is 29.7 Å². The number of fused-ring (bicyclic) bond motifs is 1. The third kappa shape index (κ3) is 3.04. The number of hydrogen-bond donors (Lipinski definition) is 2. The first-order valence-corrected chi connectivity index (χ1v) is 7.51. The molecular formula is C18H18N2O3. The smallest absolute Gasteiger partial charge is 0.336 e. The zero-order chi connectivity index (χ0) is 16.4. The van der Waals surface area contributed by atoms with Gasteiger partial charge < -0.3 is 14.7 Å². The summed E-state index contributed by atoms with van der Waals surface area (Å²) in [6.45, 7) is 3.88. The molecule has 2 N–H and O–H groups in total. The number of rotatable bonds is 4. The minimum absolute atomic E-state index is 0.219. The summed E-state index contributed by atoms with van der Waals surface area (Å²) in [5.41, 5.74) is 2.88. The lowest BCUT2D eigenvalue weighted by Gasteiger charge is -2.08. The Bertz CT molecular complexity index is 895. The van der Waals surface area contributed by atoms with Gasteiger partial charge in [0.15, 0.2) is 0 Å². The maximum absolute atomic E-state index is 12.3. The van der Waals surface area contributed by atoms with Crippen molar-refractivity contribution in [2.45, 2.75) is 20.3 Å². The van der Waals surface area contributed by atoms with E-state index in [4.69, 9.17) is 4.42 Å². The molecular weight excluding hydrogens is 292 g/mol.